The zero-order valence-electron chi connectivity index (χ0n) is 7.85. The normalized spacial score (nSPS) is 9.93. The molecule has 0 atom stereocenters. The van der Waals surface area contributed by atoms with Gasteiger partial charge < -0.3 is 10.5 Å². The summed E-state index contributed by atoms with van der Waals surface area (Å²) in [6.45, 7) is 0. The number of hydrogen-bond donors (Lipinski definition) is 1. The molecule has 0 aliphatic rings. The number of ether oxygens (including phenoxy) is 1. The van der Waals surface area contributed by atoms with Gasteiger partial charge in [-0.05, 0) is 46.9 Å². The molecule has 1 heterocycles. The highest BCUT2D eigenvalue weighted by Gasteiger charge is 1.98. The third kappa shape index (κ3) is 2.82. The van der Waals surface area contributed by atoms with Crippen molar-refractivity contribution >= 4 is 28.3 Å². The van der Waals surface area contributed by atoms with E-state index in [4.69, 9.17) is 10.5 Å². The first-order chi connectivity index (χ1) is 7.24. The topological polar surface area (TPSA) is 48.1 Å². The van der Waals surface area contributed by atoms with Gasteiger partial charge in [-0.25, -0.2) is 4.98 Å². The zero-order chi connectivity index (χ0) is 10.7. The summed E-state index contributed by atoms with van der Waals surface area (Å²) in [6, 6.07) is 11.3. The van der Waals surface area contributed by atoms with E-state index in [1.807, 2.05) is 24.3 Å². The molecule has 76 valence electrons. The van der Waals surface area contributed by atoms with Crippen LogP contribution in [0.2, 0.25) is 0 Å². The molecule has 0 amide bonds. The Balaban J connectivity index is 2.18. The fraction of sp³-hybridized carbons (Fsp3) is 0. The molecule has 4 heteroatoms. The Labute approximate surface area is 101 Å². The largest absolute Gasteiger partial charge is 0.439 e. The second-order valence-electron chi connectivity index (χ2n) is 2.99. The van der Waals surface area contributed by atoms with Crippen molar-refractivity contribution in [2.45, 2.75) is 0 Å². The maximum absolute atomic E-state index is 5.54. The van der Waals surface area contributed by atoms with E-state index in [2.05, 4.69) is 27.6 Å². The van der Waals surface area contributed by atoms with Crippen LogP contribution >= 0.6 is 22.6 Å². The lowest BCUT2D eigenvalue weighted by Gasteiger charge is -2.04. The molecule has 1 aromatic heterocycles. The first kappa shape index (κ1) is 10.2. The van der Waals surface area contributed by atoms with Crippen molar-refractivity contribution in [3.63, 3.8) is 0 Å². The number of nitrogens with two attached hydrogens (primary N) is 1. The van der Waals surface area contributed by atoms with Crippen LogP contribution in [-0.4, -0.2) is 4.98 Å². The van der Waals surface area contributed by atoms with Crippen molar-refractivity contribution in [2.24, 2.45) is 0 Å². The number of aromatic nitrogens is 1. The van der Waals surface area contributed by atoms with Crippen LogP contribution in [0, 0.1) is 3.57 Å². The number of halogens is 1. The Kier molecular flexibility index (Phi) is 3.05. The zero-order valence-corrected chi connectivity index (χ0v) is 10.0. The second-order valence-corrected chi connectivity index (χ2v) is 4.23. The fourth-order valence-electron chi connectivity index (χ4n) is 1.10. The Hall–Kier alpha value is -1.30. The smallest absolute Gasteiger partial charge is 0.219 e. The Bertz CT molecular complexity index is 456. The van der Waals surface area contributed by atoms with Gasteiger partial charge in [-0.15, -0.1) is 0 Å². The van der Waals surface area contributed by atoms with E-state index in [1.165, 1.54) is 0 Å². The molecular weight excluding hydrogens is 303 g/mol. The Morgan fingerprint density at radius 2 is 2.07 bits per heavy atom. The summed E-state index contributed by atoms with van der Waals surface area (Å²) in [7, 11) is 0. The van der Waals surface area contributed by atoms with Crippen molar-refractivity contribution in [3.8, 4) is 11.6 Å². The summed E-state index contributed by atoms with van der Waals surface area (Å²) < 4.78 is 6.67. The van der Waals surface area contributed by atoms with E-state index in [1.54, 1.807) is 18.3 Å². The molecule has 1 aromatic carbocycles. The van der Waals surface area contributed by atoms with Gasteiger partial charge in [0.15, 0.2) is 0 Å². The van der Waals surface area contributed by atoms with E-state index in [0.29, 0.717) is 11.6 Å². The molecule has 0 bridgehead atoms. The molecule has 15 heavy (non-hydrogen) atoms. The highest BCUT2D eigenvalue weighted by atomic mass is 127. The number of hydrogen-bond acceptors (Lipinski definition) is 3. The van der Waals surface area contributed by atoms with E-state index < -0.39 is 0 Å². The van der Waals surface area contributed by atoms with Gasteiger partial charge in [-0.2, -0.15) is 0 Å². The molecule has 2 rings (SSSR count). The Morgan fingerprint density at radius 3 is 2.73 bits per heavy atom. The summed E-state index contributed by atoms with van der Waals surface area (Å²) in [5, 5.41) is 0. The third-order valence-corrected chi connectivity index (χ3v) is 2.45. The van der Waals surface area contributed by atoms with Gasteiger partial charge in [0.05, 0.1) is 11.9 Å². The van der Waals surface area contributed by atoms with Crippen LogP contribution in [0.25, 0.3) is 0 Å². The van der Waals surface area contributed by atoms with E-state index in [0.717, 1.165) is 9.32 Å². The quantitative estimate of drug-likeness (QED) is 0.867. The number of pyridine rings is 1. The highest BCUT2D eigenvalue weighted by Crippen LogP contribution is 2.21. The van der Waals surface area contributed by atoms with Crippen molar-refractivity contribution < 1.29 is 4.74 Å². The monoisotopic (exact) mass is 312 g/mol. The summed E-state index contributed by atoms with van der Waals surface area (Å²) in [5.41, 5.74) is 6.15. The number of anilines is 1. The minimum absolute atomic E-state index is 0.547. The summed E-state index contributed by atoms with van der Waals surface area (Å²) in [5.74, 6) is 1.32. The van der Waals surface area contributed by atoms with Crippen LogP contribution < -0.4 is 10.5 Å². The summed E-state index contributed by atoms with van der Waals surface area (Å²) in [4.78, 5) is 4.05. The van der Waals surface area contributed by atoms with Crippen LogP contribution in [0.3, 0.4) is 0 Å². The SMILES string of the molecule is Nc1ccc(Oc2cccc(I)c2)nc1. The summed E-state index contributed by atoms with van der Waals surface area (Å²) >= 11 is 2.23. The lowest BCUT2D eigenvalue weighted by atomic mass is 10.3. The molecule has 0 spiro atoms. The average molecular weight is 312 g/mol. The first-order valence-electron chi connectivity index (χ1n) is 4.39. The molecule has 2 aromatic rings. The number of nitrogens with zero attached hydrogens (tertiary/aromatic N) is 1. The van der Waals surface area contributed by atoms with E-state index in [9.17, 15) is 0 Å². The molecule has 0 unspecified atom stereocenters. The molecule has 2 N–H and O–H groups in total. The first-order valence-corrected chi connectivity index (χ1v) is 5.47. The predicted octanol–water partition coefficient (Wildman–Crippen LogP) is 3.06. The van der Waals surface area contributed by atoms with Crippen molar-refractivity contribution in [2.75, 3.05) is 5.73 Å². The second kappa shape index (κ2) is 4.48. The number of rotatable bonds is 2. The van der Waals surface area contributed by atoms with E-state index >= 15 is 0 Å². The third-order valence-electron chi connectivity index (χ3n) is 1.78. The van der Waals surface area contributed by atoms with Crippen LogP contribution in [-0.2, 0) is 0 Å². The van der Waals surface area contributed by atoms with Gasteiger partial charge in [-0.1, -0.05) is 6.07 Å². The maximum atomic E-state index is 5.54. The van der Waals surface area contributed by atoms with Crippen molar-refractivity contribution in [1.82, 2.24) is 4.98 Å². The molecule has 0 fully saturated rings. The van der Waals surface area contributed by atoms with Crippen LogP contribution in [0.15, 0.2) is 42.6 Å². The van der Waals surface area contributed by atoms with Gasteiger partial charge in [0.1, 0.15) is 5.75 Å². The number of nitrogen functional groups attached to an aromatic ring is 1. The average Bonchev–Trinajstić information content (AvgIpc) is 2.22. The molecular formula is C11H9IN2O. The van der Waals surface area contributed by atoms with Gasteiger partial charge in [0, 0.05) is 9.64 Å². The van der Waals surface area contributed by atoms with Crippen LogP contribution in [0.5, 0.6) is 11.6 Å². The molecule has 0 saturated carbocycles. The van der Waals surface area contributed by atoms with Gasteiger partial charge in [0.25, 0.3) is 0 Å². The predicted molar refractivity (Wildman–Crippen MR) is 67.9 cm³/mol. The molecule has 3 nitrogen and oxygen atoms in total. The summed E-state index contributed by atoms with van der Waals surface area (Å²) in [6.07, 6.45) is 1.57. The standard InChI is InChI=1S/C11H9IN2O/c12-8-2-1-3-10(6-8)15-11-5-4-9(13)7-14-11/h1-7H,13H2. The lowest BCUT2D eigenvalue weighted by molar-refractivity contribution is 0.463. The fourth-order valence-corrected chi connectivity index (χ4v) is 1.62. The minimum atomic E-state index is 0.547. The van der Waals surface area contributed by atoms with Gasteiger partial charge in [0.2, 0.25) is 5.88 Å². The van der Waals surface area contributed by atoms with E-state index in [-0.39, 0.29) is 0 Å². The highest BCUT2D eigenvalue weighted by molar-refractivity contribution is 14.1. The van der Waals surface area contributed by atoms with Crippen LogP contribution in [0.4, 0.5) is 5.69 Å². The molecule has 0 radical (unpaired) electrons. The Morgan fingerprint density at radius 1 is 1.20 bits per heavy atom. The lowest BCUT2D eigenvalue weighted by Crippen LogP contribution is -1.90. The maximum Gasteiger partial charge on any atom is 0.219 e. The number of benzene rings is 1. The molecule has 0 aliphatic carbocycles. The molecule has 0 aliphatic heterocycles. The van der Waals surface area contributed by atoms with Crippen molar-refractivity contribution in [1.29, 1.82) is 0 Å². The molecule has 0 saturated heterocycles. The van der Waals surface area contributed by atoms with Gasteiger partial charge in [-0.3, -0.25) is 0 Å². The van der Waals surface area contributed by atoms with Crippen LogP contribution in [0.1, 0.15) is 0 Å². The van der Waals surface area contributed by atoms with Gasteiger partial charge >= 0.3 is 0 Å². The van der Waals surface area contributed by atoms with Crippen molar-refractivity contribution in [3.05, 3.63) is 46.2 Å². The minimum Gasteiger partial charge on any atom is -0.439 e.